The Morgan fingerprint density at radius 1 is 1.00 bits per heavy atom. The van der Waals surface area contributed by atoms with Crippen LogP contribution in [0, 0.1) is 0 Å². The van der Waals surface area contributed by atoms with Crippen LogP contribution in [0.1, 0.15) is 49.7 Å². The van der Waals surface area contributed by atoms with Crippen molar-refractivity contribution in [2.45, 2.75) is 38.5 Å². The highest BCUT2D eigenvalue weighted by Crippen LogP contribution is 2.29. The predicted octanol–water partition coefficient (Wildman–Crippen LogP) is 4.30. The molecule has 3 aromatic rings. The fourth-order valence-electron chi connectivity index (χ4n) is 4.36. The van der Waals surface area contributed by atoms with E-state index in [0.29, 0.717) is 24.3 Å². The van der Waals surface area contributed by atoms with Gasteiger partial charge in [0, 0.05) is 24.8 Å². The molecule has 0 bridgehead atoms. The first-order chi connectivity index (χ1) is 15.8. The predicted molar refractivity (Wildman–Crippen MR) is 115 cm³/mol. The van der Waals surface area contributed by atoms with Crippen LogP contribution in [0.2, 0.25) is 0 Å². The SMILES string of the molecule is O=C(Nc1ccc2c(c1)CCC2)c1cc2n(n1)CCN(Cc1ccc(C(F)(F)F)cc1)C2=O. The lowest BCUT2D eigenvalue weighted by atomic mass is 10.1. The minimum Gasteiger partial charge on any atom is -0.331 e. The number of nitrogens with zero attached hydrogens (tertiary/aromatic N) is 3. The highest BCUT2D eigenvalue weighted by Gasteiger charge is 2.31. The van der Waals surface area contributed by atoms with Crippen molar-refractivity contribution in [1.82, 2.24) is 14.7 Å². The van der Waals surface area contributed by atoms with Gasteiger partial charge in [-0.1, -0.05) is 18.2 Å². The Hall–Kier alpha value is -3.62. The Balaban J connectivity index is 1.28. The van der Waals surface area contributed by atoms with Crippen molar-refractivity contribution in [2.24, 2.45) is 0 Å². The number of anilines is 1. The second kappa shape index (κ2) is 8.06. The molecule has 1 aliphatic heterocycles. The average molecular weight is 454 g/mol. The number of amides is 2. The van der Waals surface area contributed by atoms with Gasteiger partial charge in [0.2, 0.25) is 0 Å². The molecule has 2 aliphatic rings. The molecule has 33 heavy (non-hydrogen) atoms. The zero-order chi connectivity index (χ0) is 23.2. The molecule has 2 amide bonds. The number of aromatic nitrogens is 2. The van der Waals surface area contributed by atoms with Crippen molar-refractivity contribution in [1.29, 1.82) is 0 Å². The first-order valence-electron chi connectivity index (χ1n) is 10.7. The third-order valence-corrected chi connectivity index (χ3v) is 6.11. The van der Waals surface area contributed by atoms with Crippen LogP contribution in [0.3, 0.4) is 0 Å². The van der Waals surface area contributed by atoms with Gasteiger partial charge in [-0.2, -0.15) is 18.3 Å². The van der Waals surface area contributed by atoms with Crippen LogP contribution in [-0.2, 0) is 32.1 Å². The maximum atomic E-state index is 12.9. The Labute approximate surface area is 188 Å². The van der Waals surface area contributed by atoms with E-state index in [9.17, 15) is 22.8 Å². The minimum atomic E-state index is -4.40. The van der Waals surface area contributed by atoms with Crippen molar-refractivity contribution in [3.63, 3.8) is 0 Å². The molecule has 5 rings (SSSR count). The monoisotopic (exact) mass is 454 g/mol. The van der Waals surface area contributed by atoms with Crippen LogP contribution in [0.4, 0.5) is 18.9 Å². The standard InChI is InChI=1S/C24H21F3N4O2/c25-24(26,27)18-7-4-15(5-8-18)14-30-10-11-31-21(23(30)33)13-20(29-31)22(32)28-19-9-6-16-2-1-3-17(16)12-19/h4-9,12-13H,1-3,10-11,14H2,(H,28,32). The van der Waals surface area contributed by atoms with Crippen LogP contribution in [0.25, 0.3) is 0 Å². The summed E-state index contributed by atoms with van der Waals surface area (Å²) in [6.07, 6.45) is -1.22. The van der Waals surface area contributed by atoms with E-state index in [1.54, 1.807) is 4.90 Å². The number of aryl methyl sites for hydroxylation is 2. The molecular weight excluding hydrogens is 433 g/mol. The molecule has 0 saturated heterocycles. The van der Waals surface area contributed by atoms with E-state index in [4.69, 9.17) is 0 Å². The van der Waals surface area contributed by atoms with Crippen molar-refractivity contribution in [3.05, 3.63) is 82.2 Å². The maximum absolute atomic E-state index is 12.9. The van der Waals surface area contributed by atoms with E-state index >= 15 is 0 Å². The summed E-state index contributed by atoms with van der Waals surface area (Å²) in [5.41, 5.74) is 3.55. The summed E-state index contributed by atoms with van der Waals surface area (Å²) in [5, 5.41) is 7.13. The smallest absolute Gasteiger partial charge is 0.331 e. The molecule has 1 aromatic heterocycles. The lowest BCUT2D eigenvalue weighted by Gasteiger charge is -2.27. The van der Waals surface area contributed by atoms with Gasteiger partial charge in [-0.25, -0.2) is 0 Å². The third-order valence-electron chi connectivity index (χ3n) is 6.11. The van der Waals surface area contributed by atoms with Crippen LogP contribution >= 0.6 is 0 Å². The van der Waals surface area contributed by atoms with Crippen molar-refractivity contribution in [3.8, 4) is 0 Å². The van der Waals surface area contributed by atoms with E-state index < -0.39 is 17.6 Å². The lowest BCUT2D eigenvalue weighted by molar-refractivity contribution is -0.137. The number of carbonyl (C=O) groups is 2. The Bertz CT molecular complexity index is 1230. The van der Waals surface area contributed by atoms with Gasteiger partial charge in [0.15, 0.2) is 5.69 Å². The maximum Gasteiger partial charge on any atom is 0.416 e. The Morgan fingerprint density at radius 2 is 1.76 bits per heavy atom. The molecule has 170 valence electrons. The molecule has 0 fully saturated rings. The molecule has 2 aromatic carbocycles. The lowest BCUT2D eigenvalue weighted by Crippen LogP contribution is -2.39. The van der Waals surface area contributed by atoms with Crippen LogP contribution in [0.15, 0.2) is 48.5 Å². The van der Waals surface area contributed by atoms with Gasteiger partial charge in [0.1, 0.15) is 5.69 Å². The number of alkyl halides is 3. The van der Waals surface area contributed by atoms with Gasteiger partial charge in [-0.15, -0.1) is 0 Å². The van der Waals surface area contributed by atoms with E-state index in [0.717, 1.165) is 31.4 Å². The molecule has 9 heteroatoms. The van der Waals surface area contributed by atoms with E-state index in [-0.39, 0.29) is 23.8 Å². The second-order valence-electron chi connectivity index (χ2n) is 8.35. The molecule has 0 saturated carbocycles. The zero-order valence-electron chi connectivity index (χ0n) is 17.7. The summed E-state index contributed by atoms with van der Waals surface area (Å²) in [7, 11) is 0. The number of benzene rings is 2. The highest BCUT2D eigenvalue weighted by atomic mass is 19.4. The number of fused-ring (bicyclic) bond motifs is 2. The van der Waals surface area contributed by atoms with Crippen LogP contribution < -0.4 is 5.32 Å². The van der Waals surface area contributed by atoms with Gasteiger partial charge in [0.25, 0.3) is 11.8 Å². The molecule has 0 spiro atoms. The van der Waals surface area contributed by atoms with Crippen molar-refractivity contribution >= 4 is 17.5 Å². The number of nitrogens with one attached hydrogen (secondary N) is 1. The summed E-state index contributed by atoms with van der Waals surface area (Å²) in [4.78, 5) is 27.2. The van der Waals surface area contributed by atoms with Gasteiger partial charge >= 0.3 is 6.18 Å². The number of rotatable bonds is 4. The number of hydrogen-bond acceptors (Lipinski definition) is 3. The fourth-order valence-corrected chi connectivity index (χ4v) is 4.36. The molecule has 0 radical (unpaired) electrons. The van der Waals surface area contributed by atoms with Gasteiger partial charge in [-0.3, -0.25) is 14.3 Å². The molecule has 0 atom stereocenters. The van der Waals surface area contributed by atoms with Gasteiger partial charge < -0.3 is 10.2 Å². The molecule has 6 nitrogen and oxygen atoms in total. The largest absolute Gasteiger partial charge is 0.416 e. The summed E-state index contributed by atoms with van der Waals surface area (Å²) in [6.45, 7) is 0.924. The zero-order valence-corrected chi connectivity index (χ0v) is 17.7. The van der Waals surface area contributed by atoms with Gasteiger partial charge in [0.05, 0.1) is 12.1 Å². The summed E-state index contributed by atoms with van der Waals surface area (Å²) in [6, 6.07) is 12.1. The average Bonchev–Trinajstić information content (AvgIpc) is 3.42. The highest BCUT2D eigenvalue weighted by molar-refractivity contribution is 6.04. The summed E-state index contributed by atoms with van der Waals surface area (Å²) in [5.74, 6) is -0.706. The number of carbonyl (C=O) groups excluding carboxylic acids is 2. The molecule has 0 unspecified atom stereocenters. The Morgan fingerprint density at radius 3 is 2.52 bits per heavy atom. The fraction of sp³-hybridized carbons (Fsp3) is 0.292. The molecule has 1 N–H and O–H groups in total. The first kappa shape index (κ1) is 21.2. The number of halogens is 3. The van der Waals surface area contributed by atoms with Crippen LogP contribution in [0.5, 0.6) is 0 Å². The Kier molecular flexibility index (Phi) is 5.19. The molecule has 1 aliphatic carbocycles. The van der Waals surface area contributed by atoms with Crippen LogP contribution in [-0.4, -0.2) is 33.0 Å². The molecular formula is C24H21F3N4O2. The summed E-state index contributed by atoms with van der Waals surface area (Å²) < 4.78 is 39.8. The van der Waals surface area contributed by atoms with Crippen molar-refractivity contribution < 1.29 is 22.8 Å². The topological polar surface area (TPSA) is 67.2 Å². The first-order valence-corrected chi connectivity index (χ1v) is 10.7. The number of hydrogen-bond donors (Lipinski definition) is 1. The van der Waals surface area contributed by atoms with E-state index in [2.05, 4.69) is 10.4 Å². The second-order valence-corrected chi connectivity index (χ2v) is 8.35. The van der Waals surface area contributed by atoms with E-state index in [1.807, 2.05) is 18.2 Å². The summed E-state index contributed by atoms with van der Waals surface area (Å²) >= 11 is 0. The van der Waals surface area contributed by atoms with Crippen molar-refractivity contribution in [2.75, 3.05) is 11.9 Å². The molecule has 2 heterocycles. The normalized spacial score (nSPS) is 15.4. The third kappa shape index (κ3) is 4.22. The van der Waals surface area contributed by atoms with E-state index in [1.165, 1.54) is 34.0 Å². The minimum absolute atomic E-state index is 0.148. The quantitative estimate of drug-likeness (QED) is 0.639. The van der Waals surface area contributed by atoms with Gasteiger partial charge in [-0.05, 0) is 60.2 Å².